The van der Waals surface area contributed by atoms with E-state index in [1.54, 1.807) is 16.9 Å². The van der Waals surface area contributed by atoms with Crippen molar-refractivity contribution in [1.82, 2.24) is 14.7 Å². The van der Waals surface area contributed by atoms with Crippen LogP contribution in [0.1, 0.15) is 29.8 Å². The minimum absolute atomic E-state index is 0.173. The summed E-state index contributed by atoms with van der Waals surface area (Å²) >= 11 is 6.13. The minimum atomic E-state index is -1.03. The quantitative estimate of drug-likeness (QED) is 0.834. The van der Waals surface area contributed by atoms with Crippen LogP contribution in [-0.2, 0) is 11.3 Å². The van der Waals surface area contributed by atoms with E-state index in [1.807, 2.05) is 32.0 Å². The molecule has 0 fully saturated rings. The monoisotopic (exact) mass is 349 g/mol. The topological polar surface area (TPSA) is 75.4 Å². The molecule has 0 atom stereocenters. The molecule has 1 heterocycles. The van der Waals surface area contributed by atoms with Gasteiger partial charge in [-0.25, -0.2) is 0 Å². The van der Waals surface area contributed by atoms with Crippen LogP contribution < -0.4 is 0 Å². The van der Waals surface area contributed by atoms with Gasteiger partial charge in [-0.1, -0.05) is 43.6 Å². The van der Waals surface area contributed by atoms with Gasteiger partial charge in [0.1, 0.15) is 6.54 Å². The third-order valence-electron chi connectivity index (χ3n) is 3.37. The van der Waals surface area contributed by atoms with Gasteiger partial charge in [0, 0.05) is 17.8 Å². The molecule has 0 unspecified atom stereocenters. The highest BCUT2D eigenvalue weighted by Crippen LogP contribution is 2.16. The zero-order chi connectivity index (χ0) is 17.7. The number of rotatable bonds is 7. The Hall–Kier alpha value is -2.34. The van der Waals surface area contributed by atoms with E-state index in [-0.39, 0.29) is 18.4 Å². The zero-order valence-electron chi connectivity index (χ0n) is 13.6. The van der Waals surface area contributed by atoms with Crippen LogP contribution in [0.5, 0.6) is 0 Å². The second kappa shape index (κ2) is 7.97. The molecular formula is C17H20ClN3O3. The molecule has 24 heavy (non-hydrogen) atoms. The summed E-state index contributed by atoms with van der Waals surface area (Å²) in [6.07, 6.45) is 3.06. The molecule has 1 amide bonds. The van der Waals surface area contributed by atoms with Gasteiger partial charge in [0.25, 0.3) is 5.91 Å². The van der Waals surface area contributed by atoms with Crippen LogP contribution in [0.2, 0.25) is 5.02 Å². The number of hydrogen-bond donors (Lipinski definition) is 1. The molecule has 6 nitrogen and oxygen atoms in total. The van der Waals surface area contributed by atoms with Crippen molar-refractivity contribution in [3.63, 3.8) is 0 Å². The normalized spacial score (nSPS) is 10.8. The maximum Gasteiger partial charge on any atom is 0.323 e. The summed E-state index contributed by atoms with van der Waals surface area (Å²) in [7, 11) is 0. The van der Waals surface area contributed by atoms with E-state index in [9.17, 15) is 9.59 Å². The van der Waals surface area contributed by atoms with Gasteiger partial charge >= 0.3 is 5.97 Å². The molecule has 1 aromatic heterocycles. The molecule has 0 saturated carbocycles. The maximum absolute atomic E-state index is 12.5. The first-order chi connectivity index (χ1) is 11.4. The Kier molecular flexibility index (Phi) is 5.98. The third-order valence-corrected chi connectivity index (χ3v) is 3.74. The smallest absolute Gasteiger partial charge is 0.323 e. The van der Waals surface area contributed by atoms with Crippen LogP contribution in [0.3, 0.4) is 0 Å². The first kappa shape index (κ1) is 18.0. The Morgan fingerprint density at radius 3 is 2.67 bits per heavy atom. The fraction of sp³-hybridized carbons (Fsp3) is 0.353. The van der Waals surface area contributed by atoms with E-state index in [2.05, 4.69) is 5.10 Å². The van der Waals surface area contributed by atoms with E-state index in [4.69, 9.17) is 16.7 Å². The summed E-state index contributed by atoms with van der Waals surface area (Å²) in [6, 6.07) is 7.41. The first-order valence-corrected chi connectivity index (χ1v) is 8.01. The molecule has 2 rings (SSSR count). The molecule has 0 radical (unpaired) electrons. The molecule has 7 heteroatoms. The molecular weight excluding hydrogens is 330 g/mol. The second-order valence-corrected chi connectivity index (χ2v) is 6.40. The fourth-order valence-corrected chi connectivity index (χ4v) is 2.56. The predicted octanol–water partition coefficient (Wildman–Crippen LogP) is 2.77. The van der Waals surface area contributed by atoms with Crippen LogP contribution in [0.4, 0.5) is 0 Å². The lowest BCUT2D eigenvalue weighted by atomic mass is 10.2. The lowest BCUT2D eigenvalue weighted by Gasteiger charge is -2.22. The van der Waals surface area contributed by atoms with Crippen molar-refractivity contribution in [1.29, 1.82) is 0 Å². The molecule has 0 aliphatic carbocycles. The van der Waals surface area contributed by atoms with E-state index in [0.717, 1.165) is 5.56 Å². The molecule has 0 saturated heterocycles. The standard InChI is InChI=1S/C17H20ClN3O3/c1-12(2)8-20(11-16(22)23)17(24)14-7-19-21(10-14)9-13-5-3-4-6-15(13)18/h3-7,10,12H,8-9,11H2,1-2H3,(H,22,23). The summed E-state index contributed by atoms with van der Waals surface area (Å²) in [5, 5.41) is 13.8. The average Bonchev–Trinajstić information content (AvgIpc) is 2.96. The van der Waals surface area contributed by atoms with Crippen molar-refractivity contribution < 1.29 is 14.7 Å². The highest BCUT2D eigenvalue weighted by molar-refractivity contribution is 6.31. The van der Waals surface area contributed by atoms with Gasteiger partial charge in [0.2, 0.25) is 0 Å². The van der Waals surface area contributed by atoms with Crippen molar-refractivity contribution >= 4 is 23.5 Å². The van der Waals surface area contributed by atoms with Gasteiger partial charge in [-0.15, -0.1) is 0 Å². The van der Waals surface area contributed by atoms with Crippen LogP contribution in [0, 0.1) is 5.92 Å². The molecule has 0 bridgehead atoms. The number of aliphatic carboxylic acids is 1. The Bertz CT molecular complexity index is 727. The summed E-state index contributed by atoms with van der Waals surface area (Å²) in [5.41, 5.74) is 1.26. The Labute approximate surface area is 145 Å². The van der Waals surface area contributed by atoms with Crippen molar-refractivity contribution in [2.75, 3.05) is 13.1 Å². The third kappa shape index (κ3) is 4.83. The first-order valence-electron chi connectivity index (χ1n) is 7.63. The van der Waals surface area contributed by atoms with Crippen LogP contribution in [0.15, 0.2) is 36.7 Å². The number of carbonyl (C=O) groups excluding carboxylic acids is 1. The number of aromatic nitrogens is 2. The number of nitrogens with zero attached hydrogens (tertiary/aromatic N) is 3. The molecule has 128 valence electrons. The Balaban J connectivity index is 2.14. The predicted molar refractivity (Wildman–Crippen MR) is 91.2 cm³/mol. The molecule has 0 spiro atoms. The van der Waals surface area contributed by atoms with E-state index in [1.165, 1.54) is 11.1 Å². The SMILES string of the molecule is CC(C)CN(CC(=O)O)C(=O)c1cnn(Cc2ccccc2Cl)c1. The van der Waals surface area contributed by atoms with Crippen molar-refractivity contribution in [2.24, 2.45) is 5.92 Å². The fourth-order valence-electron chi connectivity index (χ4n) is 2.37. The van der Waals surface area contributed by atoms with Gasteiger partial charge in [-0.05, 0) is 17.5 Å². The van der Waals surface area contributed by atoms with Gasteiger partial charge in [0.15, 0.2) is 0 Å². The lowest BCUT2D eigenvalue weighted by molar-refractivity contribution is -0.137. The number of carboxylic acids is 1. The zero-order valence-corrected chi connectivity index (χ0v) is 14.4. The van der Waals surface area contributed by atoms with Crippen molar-refractivity contribution in [3.05, 3.63) is 52.8 Å². The van der Waals surface area contributed by atoms with Crippen molar-refractivity contribution in [2.45, 2.75) is 20.4 Å². The van der Waals surface area contributed by atoms with E-state index in [0.29, 0.717) is 23.7 Å². The van der Waals surface area contributed by atoms with Crippen LogP contribution in [-0.4, -0.2) is 44.8 Å². The second-order valence-electron chi connectivity index (χ2n) is 5.99. The number of hydrogen-bond acceptors (Lipinski definition) is 3. The number of benzene rings is 1. The highest BCUT2D eigenvalue weighted by Gasteiger charge is 2.21. The molecule has 1 aromatic carbocycles. The summed E-state index contributed by atoms with van der Waals surface area (Å²) in [6.45, 7) is 4.36. The largest absolute Gasteiger partial charge is 0.480 e. The van der Waals surface area contributed by atoms with Crippen LogP contribution >= 0.6 is 11.6 Å². The minimum Gasteiger partial charge on any atom is -0.480 e. The van der Waals surface area contributed by atoms with Crippen LogP contribution in [0.25, 0.3) is 0 Å². The molecule has 0 aliphatic heterocycles. The van der Waals surface area contributed by atoms with Gasteiger partial charge in [-0.2, -0.15) is 5.10 Å². The maximum atomic E-state index is 12.5. The number of carboxylic acid groups (broad SMARTS) is 1. The molecule has 2 aromatic rings. The molecule has 1 N–H and O–H groups in total. The number of amides is 1. The average molecular weight is 350 g/mol. The highest BCUT2D eigenvalue weighted by atomic mass is 35.5. The van der Waals surface area contributed by atoms with Gasteiger partial charge < -0.3 is 10.0 Å². The van der Waals surface area contributed by atoms with E-state index < -0.39 is 5.97 Å². The Morgan fingerprint density at radius 2 is 2.04 bits per heavy atom. The van der Waals surface area contributed by atoms with E-state index >= 15 is 0 Å². The van der Waals surface area contributed by atoms with Gasteiger partial charge in [0.05, 0.1) is 18.3 Å². The summed E-state index contributed by atoms with van der Waals surface area (Å²) in [5.74, 6) is -1.20. The summed E-state index contributed by atoms with van der Waals surface area (Å²) < 4.78 is 1.61. The summed E-state index contributed by atoms with van der Waals surface area (Å²) in [4.78, 5) is 24.8. The number of carbonyl (C=O) groups is 2. The Morgan fingerprint density at radius 1 is 1.33 bits per heavy atom. The van der Waals surface area contributed by atoms with Gasteiger partial charge in [-0.3, -0.25) is 14.3 Å². The van der Waals surface area contributed by atoms with Crippen molar-refractivity contribution in [3.8, 4) is 0 Å². The molecule has 0 aliphatic rings. The number of halogens is 1. The lowest BCUT2D eigenvalue weighted by Crippen LogP contribution is -2.38.